The molecule has 1 aromatic heterocycles. The number of hydrogen-bond acceptors (Lipinski definition) is 6. The van der Waals surface area contributed by atoms with Crippen molar-refractivity contribution >= 4 is 0 Å². The van der Waals surface area contributed by atoms with Crippen molar-refractivity contribution in [2.45, 2.75) is 25.9 Å². The molecule has 19 heavy (non-hydrogen) atoms. The lowest BCUT2D eigenvalue weighted by Crippen LogP contribution is -2.03. The zero-order chi connectivity index (χ0) is 13.8. The molecule has 0 radical (unpaired) electrons. The number of nitrogens with zero attached hydrogens (tertiary/aromatic N) is 2. The minimum Gasteiger partial charge on any atom is -0.504 e. The molecule has 0 aliphatic carbocycles. The molecule has 0 aliphatic heterocycles. The van der Waals surface area contributed by atoms with Gasteiger partial charge >= 0.3 is 0 Å². The van der Waals surface area contributed by atoms with Crippen LogP contribution in [0, 0.1) is 0 Å². The Kier molecular flexibility index (Phi) is 4.01. The number of phenols is 2. The normalized spacial score (nSPS) is 12.5. The van der Waals surface area contributed by atoms with E-state index in [9.17, 15) is 10.2 Å². The maximum Gasteiger partial charge on any atom is 0.261 e. The van der Waals surface area contributed by atoms with Gasteiger partial charge in [-0.25, -0.2) is 0 Å². The van der Waals surface area contributed by atoms with E-state index in [0.29, 0.717) is 11.4 Å². The molecule has 0 aliphatic rings. The number of phenolic OH excluding ortho intramolecular Hbond substituents is 2. The summed E-state index contributed by atoms with van der Waals surface area (Å²) in [5, 5.41) is 23.0. The molecule has 0 saturated carbocycles. The summed E-state index contributed by atoms with van der Waals surface area (Å²) in [6.45, 7) is 2.04. The molecule has 1 atom stereocenters. The van der Waals surface area contributed by atoms with Gasteiger partial charge in [-0.1, -0.05) is 24.6 Å². The lowest BCUT2D eigenvalue weighted by molar-refractivity contribution is 0.0854. The van der Waals surface area contributed by atoms with Gasteiger partial charge in [0.1, 0.15) is 6.10 Å². The Morgan fingerprint density at radius 3 is 2.84 bits per heavy atom. The minimum absolute atomic E-state index is 0.154. The van der Waals surface area contributed by atoms with Crippen LogP contribution in [-0.4, -0.2) is 27.5 Å². The summed E-state index contributed by atoms with van der Waals surface area (Å²) < 4.78 is 10.4. The second-order valence-electron chi connectivity index (χ2n) is 4.14. The van der Waals surface area contributed by atoms with Crippen LogP contribution in [0.4, 0.5) is 0 Å². The maximum absolute atomic E-state index is 9.75. The molecule has 0 bridgehead atoms. The van der Waals surface area contributed by atoms with Crippen molar-refractivity contribution in [3.05, 3.63) is 24.0 Å². The second kappa shape index (κ2) is 5.71. The highest BCUT2D eigenvalue weighted by atomic mass is 16.5. The Morgan fingerprint density at radius 1 is 1.37 bits per heavy atom. The number of aromatic hydroxyl groups is 2. The third-order valence-corrected chi connectivity index (χ3v) is 2.81. The van der Waals surface area contributed by atoms with E-state index in [2.05, 4.69) is 10.1 Å². The zero-order valence-corrected chi connectivity index (χ0v) is 10.8. The van der Waals surface area contributed by atoms with Crippen molar-refractivity contribution in [3.8, 4) is 23.0 Å². The van der Waals surface area contributed by atoms with E-state index in [1.165, 1.54) is 6.07 Å². The summed E-state index contributed by atoms with van der Waals surface area (Å²) in [5.74, 6) is 0.0832. The van der Waals surface area contributed by atoms with Gasteiger partial charge in [0.05, 0.1) is 5.56 Å². The first-order chi connectivity index (χ1) is 9.17. The molecule has 0 amide bonds. The van der Waals surface area contributed by atoms with Crippen LogP contribution < -0.4 is 0 Å². The van der Waals surface area contributed by atoms with Gasteiger partial charge in [-0.3, -0.25) is 0 Å². The quantitative estimate of drug-likeness (QED) is 0.807. The van der Waals surface area contributed by atoms with Gasteiger partial charge in [-0.15, -0.1) is 0 Å². The molecule has 102 valence electrons. The monoisotopic (exact) mass is 264 g/mol. The number of hydrogen-bond donors (Lipinski definition) is 2. The number of rotatable bonds is 5. The van der Waals surface area contributed by atoms with Crippen LogP contribution in [0.25, 0.3) is 11.5 Å². The van der Waals surface area contributed by atoms with Crippen LogP contribution in [0.5, 0.6) is 11.5 Å². The fourth-order valence-electron chi connectivity index (χ4n) is 1.79. The molecule has 0 fully saturated rings. The fourth-order valence-corrected chi connectivity index (χ4v) is 1.79. The van der Waals surface area contributed by atoms with Crippen LogP contribution in [0.2, 0.25) is 0 Å². The maximum atomic E-state index is 9.75. The van der Waals surface area contributed by atoms with E-state index >= 15 is 0 Å². The molecule has 1 unspecified atom stereocenters. The molecule has 1 aromatic carbocycles. The first-order valence-electron chi connectivity index (χ1n) is 6.05. The average molecular weight is 264 g/mol. The predicted octanol–water partition coefficient (Wildman–Crippen LogP) is 2.64. The Bertz CT molecular complexity index is 553. The molecule has 2 N–H and O–H groups in total. The SMILES string of the molecule is CCCC(OC)c1noc(-c2cccc(O)c2O)n1. The van der Waals surface area contributed by atoms with Crippen LogP contribution in [-0.2, 0) is 4.74 Å². The van der Waals surface area contributed by atoms with Gasteiger partial charge in [-0.05, 0) is 18.6 Å². The van der Waals surface area contributed by atoms with Gasteiger partial charge in [0.15, 0.2) is 11.5 Å². The summed E-state index contributed by atoms with van der Waals surface area (Å²) in [6.07, 6.45) is 1.48. The Morgan fingerprint density at radius 2 is 2.16 bits per heavy atom. The predicted molar refractivity (Wildman–Crippen MR) is 67.7 cm³/mol. The summed E-state index contributed by atoms with van der Waals surface area (Å²) in [7, 11) is 1.59. The van der Waals surface area contributed by atoms with Crippen molar-refractivity contribution in [2.75, 3.05) is 7.11 Å². The van der Waals surface area contributed by atoms with E-state index in [1.54, 1.807) is 19.2 Å². The third kappa shape index (κ3) is 2.68. The number of benzene rings is 1. The summed E-state index contributed by atoms with van der Waals surface area (Å²) >= 11 is 0. The molecule has 1 heterocycles. The van der Waals surface area contributed by atoms with E-state index in [-0.39, 0.29) is 23.5 Å². The molecule has 0 spiro atoms. The Hall–Kier alpha value is -2.08. The van der Waals surface area contributed by atoms with Gasteiger partial charge in [0.25, 0.3) is 5.89 Å². The van der Waals surface area contributed by atoms with Crippen LogP contribution in [0.3, 0.4) is 0 Å². The Balaban J connectivity index is 2.32. The lowest BCUT2D eigenvalue weighted by Gasteiger charge is -2.08. The van der Waals surface area contributed by atoms with E-state index < -0.39 is 0 Å². The summed E-state index contributed by atoms with van der Waals surface area (Å²) in [6, 6.07) is 4.56. The van der Waals surface area contributed by atoms with Gasteiger partial charge in [0.2, 0.25) is 5.82 Å². The number of methoxy groups -OCH3 is 1. The fraction of sp³-hybridized carbons (Fsp3) is 0.385. The summed E-state index contributed by atoms with van der Waals surface area (Å²) in [4.78, 5) is 4.20. The second-order valence-corrected chi connectivity index (χ2v) is 4.14. The Labute approximate surface area is 110 Å². The minimum atomic E-state index is -0.276. The van der Waals surface area contributed by atoms with E-state index in [4.69, 9.17) is 9.26 Å². The van der Waals surface area contributed by atoms with Crippen molar-refractivity contribution in [1.82, 2.24) is 10.1 Å². The van der Waals surface area contributed by atoms with E-state index in [1.807, 2.05) is 6.92 Å². The van der Waals surface area contributed by atoms with Crippen molar-refractivity contribution < 1.29 is 19.5 Å². The van der Waals surface area contributed by atoms with Crippen molar-refractivity contribution in [3.63, 3.8) is 0 Å². The van der Waals surface area contributed by atoms with Crippen molar-refractivity contribution in [2.24, 2.45) is 0 Å². The van der Waals surface area contributed by atoms with Gasteiger partial charge in [0, 0.05) is 7.11 Å². The smallest absolute Gasteiger partial charge is 0.261 e. The van der Waals surface area contributed by atoms with Crippen molar-refractivity contribution in [1.29, 1.82) is 0 Å². The topological polar surface area (TPSA) is 88.6 Å². The molecule has 6 nitrogen and oxygen atoms in total. The van der Waals surface area contributed by atoms with Crippen LogP contribution in [0.15, 0.2) is 22.7 Å². The standard InChI is InChI=1S/C13H16N2O4/c1-3-5-10(18-2)12-14-13(19-15-12)8-6-4-7-9(16)11(8)17/h4,6-7,10,16-17H,3,5H2,1-2H3. The molecule has 2 aromatic rings. The first kappa shape index (κ1) is 13.4. The molecule has 0 saturated heterocycles. The molecular formula is C13H16N2O4. The van der Waals surface area contributed by atoms with Gasteiger partial charge in [-0.2, -0.15) is 4.98 Å². The highest BCUT2D eigenvalue weighted by Gasteiger charge is 2.20. The number of ether oxygens (including phenoxy) is 1. The zero-order valence-electron chi connectivity index (χ0n) is 10.8. The number of para-hydroxylation sites is 1. The molecule has 2 rings (SSSR count). The largest absolute Gasteiger partial charge is 0.504 e. The van der Waals surface area contributed by atoms with Crippen LogP contribution >= 0.6 is 0 Å². The lowest BCUT2D eigenvalue weighted by atomic mass is 10.2. The average Bonchev–Trinajstić information content (AvgIpc) is 2.88. The summed E-state index contributed by atoms with van der Waals surface area (Å²) in [5.41, 5.74) is 0.296. The number of aromatic nitrogens is 2. The van der Waals surface area contributed by atoms with Crippen LogP contribution in [0.1, 0.15) is 31.7 Å². The van der Waals surface area contributed by atoms with E-state index in [0.717, 1.165) is 12.8 Å². The highest BCUT2D eigenvalue weighted by molar-refractivity contribution is 5.66. The van der Waals surface area contributed by atoms with Gasteiger partial charge < -0.3 is 19.5 Å². The third-order valence-electron chi connectivity index (χ3n) is 2.81. The first-order valence-corrected chi connectivity index (χ1v) is 6.05. The highest BCUT2D eigenvalue weighted by Crippen LogP contribution is 2.35. The molecular weight excluding hydrogens is 248 g/mol. The molecule has 6 heteroatoms.